The Morgan fingerprint density at radius 3 is 2.60 bits per heavy atom. The van der Waals surface area contributed by atoms with Gasteiger partial charge in [0.1, 0.15) is 11.4 Å². The first kappa shape index (κ1) is 26.2. The summed E-state index contributed by atoms with van der Waals surface area (Å²) in [4.78, 5) is 33.5. The van der Waals surface area contributed by atoms with Gasteiger partial charge in [0, 0.05) is 36.6 Å². The highest BCUT2D eigenvalue weighted by Gasteiger charge is 2.18. The number of alkyl carbamates (subject to hydrolysis) is 1. The molecule has 0 aliphatic carbocycles. The molecule has 188 valence electrons. The maximum atomic E-state index is 12.9. The Kier molecular flexibility index (Phi) is 8.50. The molecule has 1 unspecified atom stereocenters. The fraction of sp³-hybridized carbons (Fsp3) is 0.440. The maximum Gasteiger partial charge on any atom is 0.407 e. The summed E-state index contributed by atoms with van der Waals surface area (Å²) in [6.07, 6.45) is 1.66. The minimum atomic E-state index is -0.556. The summed E-state index contributed by atoms with van der Waals surface area (Å²) in [6.45, 7) is 11.7. The van der Waals surface area contributed by atoms with Gasteiger partial charge in [0.05, 0.1) is 27.0 Å². The lowest BCUT2D eigenvalue weighted by atomic mass is 10.1. The predicted molar refractivity (Wildman–Crippen MR) is 142 cm³/mol. The number of ether oxygens (including phenoxy) is 1. The quantitative estimate of drug-likeness (QED) is 0.317. The second kappa shape index (κ2) is 11.4. The molecule has 10 heteroatoms. The molecule has 2 aromatic heterocycles. The zero-order valence-corrected chi connectivity index (χ0v) is 21.9. The van der Waals surface area contributed by atoms with Crippen LogP contribution in [0.25, 0.3) is 10.2 Å². The van der Waals surface area contributed by atoms with Crippen molar-refractivity contribution >= 4 is 50.7 Å². The molecule has 0 bridgehead atoms. The van der Waals surface area contributed by atoms with E-state index < -0.39 is 11.7 Å². The van der Waals surface area contributed by atoms with E-state index in [0.717, 1.165) is 15.9 Å². The third kappa shape index (κ3) is 8.10. The van der Waals surface area contributed by atoms with Crippen LogP contribution in [0.4, 0.5) is 22.0 Å². The summed E-state index contributed by atoms with van der Waals surface area (Å²) in [5.41, 5.74) is 4.26. The second-order valence-electron chi connectivity index (χ2n) is 9.67. The zero-order valence-electron chi connectivity index (χ0n) is 21.1. The minimum absolute atomic E-state index is 0.128. The van der Waals surface area contributed by atoms with Crippen LogP contribution in [0.2, 0.25) is 0 Å². The molecule has 0 saturated heterocycles. The summed E-state index contributed by atoms with van der Waals surface area (Å²) >= 11 is 1.58. The van der Waals surface area contributed by atoms with E-state index in [-0.39, 0.29) is 18.0 Å². The Hall–Kier alpha value is -3.40. The van der Waals surface area contributed by atoms with Crippen molar-refractivity contribution in [3.05, 3.63) is 41.5 Å². The van der Waals surface area contributed by atoms with E-state index in [4.69, 9.17) is 4.74 Å². The molecule has 1 aromatic carbocycles. The Balaban J connectivity index is 1.62. The number of benzene rings is 1. The lowest BCUT2D eigenvalue weighted by molar-refractivity contribution is 0.0507. The number of aromatic nitrogens is 2. The predicted octanol–water partition coefficient (Wildman–Crippen LogP) is 5.29. The highest BCUT2D eigenvalue weighted by atomic mass is 32.1. The number of amides is 2. The number of pyridine rings is 1. The Labute approximate surface area is 210 Å². The van der Waals surface area contributed by atoms with Crippen molar-refractivity contribution in [2.45, 2.75) is 65.6 Å². The lowest BCUT2D eigenvalue weighted by Gasteiger charge is -2.22. The number of thiazole rings is 1. The molecule has 2 amide bonds. The molecule has 0 aliphatic rings. The number of carbonyl (C=O) groups excluding carboxylic acids is 2. The van der Waals surface area contributed by atoms with Crippen molar-refractivity contribution in [2.24, 2.45) is 0 Å². The van der Waals surface area contributed by atoms with E-state index >= 15 is 0 Å². The second-order valence-corrected chi connectivity index (χ2v) is 10.6. The summed E-state index contributed by atoms with van der Waals surface area (Å²) < 4.78 is 6.35. The van der Waals surface area contributed by atoms with Gasteiger partial charge in [0.2, 0.25) is 0 Å². The molecule has 0 saturated carbocycles. The Morgan fingerprint density at radius 2 is 1.89 bits per heavy atom. The average Bonchev–Trinajstić information content (AvgIpc) is 3.19. The van der Waals surface area contributed by atoms with Crippen LogP contribution in [-0.2, 0) is 4.74 Å². The molecule has 0 spiro atoms. The van der Waals surface area contributed by atoms with Gasteiger partial charge in [-0.3, -0.25) is 4.79 Å². The molecule has 3 rings (SSSR count). The largest absolute Gasteiger partial charge is 0.444 e. The fourth-order valence-corrected chi connectivity index (χ4v) is 4.01. The number of anilines is 3. The number of hydrogen-bond donors (Lipinski definition) is 4. The number of carbonyl (C=O) groups is 2. The van der Waals surface area contributed by atoms with Crippen LogP contribution in [-0.4, -0.2) is 46.2 Å². The van der Waals surface area contributed by atoms with Crippen molar-refractivity contribution in [1.29, 1.82) is 0 Å². The molecule has 3 aromatic rings. The van der Waals surface area contributed by atoms with Gasteiger partial charge in [0.15, 0.2) is 0 Å². The molecule has 35 heavy (non-hydrogen) atoms. The zero-order chi connectivity index (χ0) is 25.6. The SMILES string of the molecule is CC(C)Nc1cc(Nc2ccc3ncsc3c2)ncc1C(=O)NCCC(C)NC(=O)OC(C)(C)C. The average molecular weight is 499 g/mol. The fourth-order valence-electron chi connectivity index (χ4n) is 3.29. The van der Waals surface area contributed by atoms with Crippen molar-refractivity contribution in [3.63, 3.8) is 0 Å². The molecular weight excluding hydrogens is 464 g/mol. The van der Waals surface area contributed by atoms with E-state index in [2.05, 4.69) is 31.2 Å². The van der Waals surface area contributed by atoms with E-state index in [1.165, 1.54) is 0 Å². The molecular formula is C25H34N6O3S. The van der Waals surface area contributed by atoms with Gasteiger partial charge in [-0.05, 0) is 66.2 Å². The molecule has 4 N–H and O–H groups in total. The molecule has 0 aliphatic heterocycles. The third-order valence-corrected chi connectivity index (χ3v) is 5.61. The van der Waals surface area contributed by atoms with Gasteiger partial charge in [-0.2, -0.15) is 0 Å². The number of nitrogens with one attached hydrogen (secondary N) is 4. The van der Waals surface area contributed by atoms with Crippen molar-refractivity contribution in [1.82, 2.24) is 20.6 Å². The first-order valence-electron chi connectivity index (χ1n) is 11.6. The van der Waals surface area contributed by atoms with E-state index in [9.17, 15) is 9.59 Å². The van der Waals surface area contributed by atoms with Crippen molar-refractivity contribution < 1.29 is 14.3 Å². The van der Waals surface area contributed by atoms with Gasteiger partial charge < -0.3 is 26.0 Å². The number of fused-ring (bicyclic) bond motifs is 1. The minimum Gasteiger partial charge on any atom is -0.444 e. The molecule has 2 heterocycles. The van der Waals surface area contributed by atoms with E-state index in [1.807, 2.05) is 71.3 Å². The molecule has 9 nitrogen and oxygen atoms in total. The standard InChI is InChI=1S/C25H34N6O3S/c1-15(2)29-20-12-22(31-17-7-8-19-21(11-17)35-14-28-19)27-13-18(20)23(32)26-10-9-16(3)30-24(33)34-25(4,5)6/h7-8,11-16H,9-10H2,1-6H3,(H,26,32)(H,30,33)(H2,27,29,31). The van der Waals surface area contributed by atoms with Crippen LogP contribution in [0.1, 0.15) is 58.3 Å². The van der Waals surface area contributed by atoms with E-state index in [1.54, 1.807) is 17.5 Å². The van der Waals surface area contributed by atoms with Gasteiger partial charge in [0.25, 0.3) is 5.91 Å². The van der Waals surface area contributed by atoms with Crippen LogP contribution < -0.4 is 21.3 Å². The molecule has 0 fully saturated rings. The van der Waals surface area contributed by atoms with Crippen LogP contribution >= 0.6 is 11.3 Å². The van der Waals surface area contributed by atoms with Gasteiger partial charge >= 0.3 is 6.09 Å². The number of hydrogen-bond acceptors (Lipinski definition) is 8. The smallest absolute Gasteiger partial charge is 0.407 e. The third-order valence-electron chi connectivity index (χ3n) is 4.82. The lowest BCUT2D eigenvalue weighted by Crippen LogP contribution is -2.39. The normalized spacial score (nSPS) is 12.3. The Bertz CT molecular complexity index is 1170. The van der Waals surface area contributed by atoms with Gasteiger partial charge in [-0.25, -0.2) is 14.8 Å². The van der Waals surface area contributed by atoms with Crippen LogP contribution in [0.15, 0.2) is 36.0 Å². The van der Waals surface area contributed by atoms with Crippen LogP contribution in [0.5, 0.6) is 0 Å². The number of rotatable bonds is 9. The first-order valence-corrected chi connectivity index (χ1v) is 12.5. The van der Waals surface area contributed by atoms with Crippen LogP contribution in [0, 0.1) is 0 Å². The maximum absolute atomic E-state index is 12.9. The van der Waals surface area contributed by atoms with Gasteiger partial charge in [-0.15, -0.1) is 11.3 Å². The first-order chi connectivity index (χ1) is 16.5. The summed E-state index contributed by atoms with van der Waals surface area (Å²) in [5, 5.41) is 12.3. The molecule has 1 atom stereocenters. The topological polar surface area (TPSA) is 117 Å². The highest BCUT2D eigenvalue weighted by Crippen LogP contribution is 2.26. The molecule has 0 radical (unpaired) electrons. The van der Waals surface area contributed by atoms with Crippen molar-refractivity contribution in [3.8, 4) is 0 Å². The summed E-state index contributed by atoms with van der Waals surface area (Å²) in [5.74, 6) is 0.395. The van der Waals surface area contributed by atoms with Crippen molar-refractivity contribution in [2.75, 3.05) is 17.2 Å². The summed E-state index contributed by atoms with van der Waals surface area (Å²) in [6, 6.07) is 7.74. The monoisotopic (exact) mass is 498 g/mol. The Morgan fingerprint density at radius 1 is 1.11 bits per heavy atom. The van der Waals surface area contributed by atoms with E-state index in [0.29, 0.717) is 30.0 Å². The van der Waals surface area contributed by atoms with Gasteiger partial charge in [-0.1, -0.05) is 0 Å². The summed E-state index contributed by atoms with van der Waals surface area (Å²) in [7, 11) is 0. The van der Waals surface area contributed by atoms with Crippen LogP contribution in [0.3, 0.4) is 0 Å². The highest BCUT2D eigenvalue weighted by molar-refractivity contribution is 7.16. The number of nitrogens with zero attached hydrogens (tertiary/aromatic N) is 2.